The highest BCUT2D eigenvalue weighted by Crippen LogP contribution is 2.38. The Morgan fingerprint density at radius 3 is 2.95 bits per heavy atom. The molecule has 0 aliphatic carbocycles. The molecule has 104 valence electrons. The maximum absolute atomic E-state index is 5.51. The van der Waals surface area contributed by atoms with Crippen LogP contribution in [0.25, 0.3) is 9.40 Å². The van der Waals surface area contributed by atoms with Crippen LogP contribution < -0.4 is 5.32 Å². The SMILES string of the molecule is CCCNC(c1cc2sccc2s1)C1CCOCC1. The van der Waals surface area contributed by atoms with Crippen molar-refractivity contribution in [2.24, 2.45) is 5.92 Å². The Kier molecular flexibility index (Phi) is 4.53. The fourth-order valence-corrected chi connectivity index (χ4v) is 5.08. The first kappa shape index (κ1) is 13.6. The molecule has 1 N–H and O–H groups in total. The summed E-state index contributed by atoms with van der Waals surface area (Å²) in [5.74, 6) is 0.730. The van der Waals surface area contributed by atoms with Crippen LogP contribution in [0.2, 0.25) is 0 Å². The van der Waals surface area contributed by atoms with Gasteiger partial charge in [-0.2, -0.15) is 0 Å². The second kappa shape index (κ2) is 6.35. The third-order valence-electron chi connectivity index (χ3n) is 3.82. The van der Waals surface area contributed by atoms with Crippen molar-refractivity contribution in [1.29, 1.82) is 0 Å². The van der Waals surface area contributed by atoms with Gasteiger partial charge in [0, 0.05) is 33.5 Å². The van der Waals surface area contributed by atoms with Crippen LogP contribution >= 0.6 is 22.7 Å². The second-order valence-corrected chi connectivity index (χ2v) is 7.24. The van der Waals surface area contributed by atoms with Crippen molar-refractivity contribution in [2.45, 2.75) is 32.2 Å². The summed E-state index contributed by atoms with van der Waals surface area (Å²) in [4.78, 5) is 1.52. The molecule has 0 aromatic carbocycles. The zero-order valence-corrected chi connectivity index (χ0v) is 13.0. The maximum Gasteiger partial charge on any atom is 0.0469 e. The summed E-state index contributed by atoms with van der Waals surface area (Å²) in [5.41, 5.74) is 0. The van der Waals surface area contributed by atoms with Gasteiger partial charge in [-0.15, -0.1) is 22.7 Å². The summed E-state index contributed by atoms with van der Waals surface area (Å²) in [6.45, 7) is 5.19. The molecule has 3 rings (SSSR count). The summed E-state index contributed by atoms with van der Waals surface area (Å²) in [6.07, 6.45) is 3.57. The summed E-state index contributed by atoms with van der Waals surface area (Å²) < 4.78 is 8.39. The fraction of sp³-hybridized carbons (Fsp3) is 0.600. The van der Waals surface area contributed by atoms with E-state index in [1.807, 2.05) is 22.7 Å². The first-order valence-electron chi connectivity index (χ1n) is 7.16. The lowest BCUT2D eigenvalue weighted by atomic mass is 9.90. The molecule has 1 aliphatic heterocycles. The van der Waals surface area contributed by atoms with Gasteiger partial charge in [0.1, 0.15) is 0 Å². The lowest BCUT2D eigenvalue weighted by Crippen LogP contribution is -2.32. The molecule has 1 aliphatic rings. The number of rotatable bonds is 5. The monoisotopic (exact) mass is 295 g/mol. The highest BCUT2D eigenvalue weighted by atomic mass is 32.1. The molecule has 1 atom stereocenters. The van der Waals surface area contributed by atoms with Gasteiger partial charge in [0.25, 0.3) is 0 Å². The van der Waals surface area contributed by atoms with Gasteiger partial charge in [0.2, 0.25) is 0 Å². The summed E-state index contributed by atoms with van der Waals surface area (Å²) >= 11 is 3.82. The van der Waals surface area contributed by atoms with Gasteiger partial charge in [0.05, 0.1) is 0 Å². The van der Waals surface area contributed by atoms with E-state index in [2.05, 4.69) is 29.8 Å². The highest BCUT2D eigenvalue weighted by molar-refractivity contribution is 7.26. The fourth-order valence-electron chi connectivity index (χ4n) is 2.79. The van der Waals surface area contributed by atoms with Gasteiger partial charge < -0.3 is 10.1 Å². The molecule has 19 heavy (non-hydrogen) atoms. The maximum atomic E-state index is 5.51. The highest BCUT2D eigenvalue weighted by Gasteiger charge is 2.26. The molecular weight excluding hydrogens is 274 g/mol. The summed E-state index contributed by atoms with van der Waals surface area (Å²) in [5, 5.41) is 5.95. The molecule has 0 spiro atoms. The van der Waals surface area contributed by atoms with E-state index in [1.54, 1.807) is 0 Å². The predicted octanol–water partition coefficient (Wildman–Crippen LogP) is 4.43. The minimum absolute atomic E-state index is 0.522. The van der Waals surface area contributed by atoms with E-state index >= 15 is 0 Å². The van der Waals surface area contributed by atoms with Crippen LogP contribution in [0.1, 0.15) is 37.1 Å². The number of hydrogen-bond donors (Lipinski definition) is 1. The van der Waals surface area contributed by atoms with Crippen LogP contribution in [0.15, 0.2) is 17.5 Å². The zero-order chi connectivity index (χ0) is 13.1. The molecule has 0 bridgehead atoms. The smallest absolute Gasteiger partial charge is 0.0469 e. The molecule has 1 saturated heterocycles. The third-order valence-corrected chi connectivity index (χ3v) is 5.99. The Morgan fingerprint density at radius 2 is 2.21 bits per heavy atom. The van der Waals surface area contributed by atoms with Gasteiger partial charge in [-0.25, -0.2) is 0 Å². The van der Waals surface area contributed by atoms with Gasteiger partial charge in [-0.05, 0) is 49.2 Å². The van der Waals surface area contributed by atoms with Crippen LogP contribution in [0, 0.1) is 5.92 Å². The Labute approximate surface area is 122 Å². The molecule has 3 heterocycles. The average molecular weight is 295 g/mol. The van der Waals surface area contributed by atoms with Crippen molar-refractivity contribution in [3.63, 3.8) is 0 Å². The number of nitrogens with one attached hydrogen (secondary N) is 1. The number of fused-ring (bicyclic) bond motifs is 1. The lowest BCUT2D eigenvalue weighted by Gasteiger charge is -2.30. The van der Waals surface area contributed by atoms with E-state index in [1.165, 1.54) is 33.5 Å². The Morgan fingerprint density at radius 1 is 1.37 bits per heavy atom. The van der Waals surface area contributed by atoms with Crippen molar-refractivity contribution in [3.8, 4) is 0 Å². The number of hydrogen-bond acceptors (Lipinski definition) is 4. The molecule has 2 nitrogen and oxygen atoms in total. The van der Waals surface area contributed by atoms with Crippen LogP contribution in [0.5, 0.6) is 0 Å². The predicted molar refractivity (Wildman–Crippen MR) is 84.3 cm³/mol. The second-order valence-electron chi connectivity index (χ2n) is 5.18. The largest absolute Gasteiger partial charge is 0.381 e. The Balaban J connectivity index is 1.82. The molecule has 2 aromatic rings. The van der Waals surface area contributed by atoms with Gasteiger partial charge >= 0.3 is 0 Å². The zero-order valence-electron chi connectivity index (χ0n) is 11.4. The average Bonchev–Trinajstić information content (AvgIpc) is 3.02. The summed E-state index contributed by atoms with van der Waals surface area (Å²) in [6, 6.07) is 5.16. The topological polar surface area (TPSA) is 21.3 Å². The van der Waals surface area contributed by atoms with Crippen molar-refractivity contribution in [2.75, 3.05) is 19.8 Å². The molecule has 1 unspecified atom stereocenters. The first-order chi connectivity index (χ1) is 9.38. The molecule has 0 saturated carbocycles. The standard InChI is InChI=1S/C15H21NOS2/c1-2-6-16-15(11-3-7-17-8-4-11)14-10-13-12(19-14)5-9-18-13/h5,9-11,15-16H,2-4,6-8H2,1H3. The molecule has 0 radical (unpaired) electrons. The van der Waals surface area contributed by atoms with Crippen molar-refractivity contribution in [3.05, 3.63) is 22.4 Å². The van der Waals surface area contributed by atoms with Crippen LogP contribution in [-0.4, -0.2) is 19.8 Å². The van der Waals surface area contributed by atoms with Crippen molar-refractivity contribution < 1.29 is 4.74 Å². The van der Waals surface area contributed by atoms with Crippen LogP contribution in [0.4, 0.5) is 0 Å². The van der Waals surface area contributed by atoms with Gasteiger partial charge in [-0.3, -0.25) is 0 Å². The molecular formula is C15H21NOS2. The van der Waals surface area contributed by atoms with Crippen LogP contribution in [-0.2, 0) is 4.74 Å². The minimum atomic E-state index is 0.522. The Bertz CT molecular complexity index is 484. The lowest BCUT2D eigenvalue weighted by molar-refractivity contribution is 0.0541. The summed E-state index contributed by atoms with van der Waals surface area (Å²) in [7, 11) is 0. The van der Waals surface area contributed by atoms with E-state index in [0.717, 1.165) is 25.7 Å². The van der Waals surface area contributed by atoms with Crippen LogP contribution in [0.3, 0.4) is 0 Å². The van der Waals surface area contributed by atoms with E-state index in [-0.39, 0.29) is 0 Å². The first-order valence-corrected chi connectivity index (χ1v) is 8.86. The molecule has 0 amide bonds. The number of ether oxygens (including phenoxy) is 1. The normalized spacial score (nSPS) is 19.0. The molecule has 1 fully saturated rings. The van der Waals surface area contributed by atoms with Crippen molar-refractivity contribution >= 4 is 32.1 Å². The van der Waals surface area contributed by atoms with Crippen molar-refractivity contribution in [1.82, 2.24) is 5.32 Å². The van der Waals surface area contributed by atoms with E-state index in [0.29, 0.717) is 6.04 Å². The third kappa shape index (κ3) is 3.02. The van der Waals surface area contributed by atoms with Gasteiger partial charge in [-0.1, -0.05) is 6.92 Å². The van der Waals surface area contributed by atoms with E-state index in [9.17, 15) is 0 Å². The Hall–Kier alpha value is -0.420. The molecule has 4 heteroatoms. The van der Waals surface area contributed by atoms with E-state index in [4.69, 9.17) is 4.74 Å². The molecule has 2 aromatic heterocycles. The number of thiophene rings is 2. The van der Waals surface area contributed by atoms with Gasteiger partial charge in [0.15, 0.2) is 0 Å². The minimum Gasteiger partial charge on any atom is -0.381 e. The van der Waals surface area contributed by atoms with E-state index < -0.39 is 0 Å². The quantitative estimate of drug-likeness (QED) is 0.881.